The molecule has 1 unspecified atom stereocenters. The standard InChI is InChI=1S/C26H33N5O5/c1-4-6-16-30(26(36)25(35)28-22(32)17-19-10-8-7-9-11-19)31(29-24(34)23(27)33)21-14-12-20(13-15-21)18(3)5-2/h7-15,18H,4-6,16-17H2,1-3H3,(H2,27,33)(H,29,34)(H,28,32,35). The molecule has 2 rings (SSSR count). The monoisotopic (exact) mass is 495 g/mol. The van der Waals surface area contributed by atoms with Crippen LogP contribution in [-0.2, 0) is 30.4 Å². The number of carbonyl (C=O) groups excluding carboxylic acids is 5. The van der Waals surface area contributed by atoms with E-state index in [0.717, 1.165) is 22.1 Å². The first kappa shape index (κ1) is 28.0. The fourth-order valence-corrected chi connectivity index (χ4v) is 3.32. The summed E-state index contributed by atoms with van der Waals surface area (Å²) in [5.41, 5.74) is 9.45. The van der Waals surface area contributed by atoms with Crippen LogP contribution in [0, 0.1) is 0 Å². The van der Waals surface area contributed by atoms with Gasteiger partial charge in [0.25, 0.3) is 0 Å². The molecule has 192 valence electrons. The van der Waals surface area contributed by atoms with E-state index in [0.29, 0.717) is 24.1 Å². The summed E-state index contributed by atoms with van der Waals surface area (Å²) in [4.78, 5) is 61.9. The molecule has 10 nitrogen and oxygen atoms in total. The van der Waals surface area contributed by atoms with Gasteiger partial charge in [0.05, 0.1) is 12.1 Å². The van der Waals surface area contributed by atoms with Crippen LogP contribution >= 0.6 is 0 Å². The van der Waals surface area contributed by atoms with Gasteiger partial charge in [-0.3, -0.25) is 29.3 Å². The fraction of sp³-hybridized carbons (Fsp3) is 0.346. The number of hydrazine groups is 2. The molecule has 2 aromatic carbocycles. The van der Waals surface area contributed by atoms with Gasteiger partial charge in [0.1, 0.15) is 0 Å². The molecule has 5 amide bonds. The van der Waals surface area contributed by atoms with E-state index in [1.165, 1.54) is 0 Å². The summed E-state index contributed by atoms with van der Waals surface area (Å²) in [5, 5.41) is 4.10. The smallest absolute Gasteiger partial charge is 0.332 e. The summed E-state index contributed by atoms with van der Waals surface area (Å²) in [7, 11) is 0. The van der Waals surface area contributed by atoms with Gasteiger partial charge in [-0.15, -0.1) is 0 Å². The molecule has 0 aliphatic carbocycles. The number of hydrogen-bond donors (Lipinski definition) is 3. The summed E-state index contributed by atoms with van der Waals surface area (Å²) in [6.45, 7) is 6.04. The van der Waals surface area contributed by atoms with Crippen LogP contribution < -0.4 is 21.6 Å². The highest BCUT2D eigenvalue weighted by molar-refractivity contribution is 6.38. The third kappa shape index (κ3) is 7.93. The van der Waals surface area contributed by atoms with Gasteiger partial charge in [0.15, 0.2) is 0 Å². The van der Waals surface area contributed by atoms with Crippen LogP contribution in [0.2, 0.25) is 0 Å². The van der Waals surface area contributed by atoms with Crippen molar-refractivity contribution < 1.29 is 24.0 Å². The molecule has 0 heterocycles. The summed E-state index contributed by atoms with van der Waals surface area (Å²) < 4.78 is 0. The molecule has 0 aliphatic heterocycles. The van der Waals surface area contributed by atoms with Crippen molar-refractivity contribution in [1.29, 1.82) is 0 Å². The van der Waals surface area contributed by atoms with Crippen LogP contribution in [-0.4, -0.2) is 41.1 Å². The number of anilines is 1. The molecule has 0 spiro atoms. The van der Waals surface area contributed by atoms with Crippen molar-refractivity contribution >= 4 is 35.2 Å². The molecule has 0 bridgehead atoms. The Labute approximate surface area is 210 Å². The SMILES string of the molecule is CCCCN(C(=O)C(=O)NC(=O)Cc1ccccc1)N(NC(=O)C(N)=O)c1ccc(C(C)CC)cc1. The van der Waals surface area contributed by atoms with Gasteiger partial charge in [-0.2, -0.15) is 5.12 Å². The van der Waals surface area contributed by atoms with Crippen molar-refractivity contribution in [2.45, 2.75) is 52.4 Å². The third-order valence-corrected chi connectivity index (χ3v) is 5.60. The summed E-state index contributed by atoms with van der Waals surface area (Å²) in [6.07, 6.45) is 1.97. The molecular weight excluding hydrogens is 462 g/mol. The van der Waals surface area contributed by atoms with Crippen LogP contribution in [0.25, 0.3) is 0 Å². The Morgan fingerprint density at radius 3 is 2.11 bits per heavy atom. The van der Waals surface area contributed by atoms with E-state index in [-0.39, 0.29) is 18.9 Å². The van der Waals surface area contributed by atoms with Crippen LogP contribution in [0.15, 0.2) is 54.6 Å². The van der Waals surface area contributed by atoms with E-state index >= 15 is 0 Å². The number of nitrogens with one attached hydrogen (secondary N) is 2. The molecule has 0 fully saturated rings. The van der Waals surface area contributed by atoms with E-state index in [2.05, 4.69) is 24.6 Å². The maximum Gasteiger partial charge on any atom is 0.332 e. The maximum absolute atomic E-state index is 13.2. The molecule has 1 atom stereocenters. The number of nitrogens with zero attached hydrogens (tertiary/aromatic N) is 2. The van der Waals surface area contributed by atoms with Crippen molar-refractivity contribution in [1.82, 2.24) is 15.8 Å². The van der Waals surface area contributed by atoms with E-state index in [9.17, 15) is 24.0 Å². The Kier molecular flexibility index (Phi) is 10.6. The topological polar surface area (TPSA) is 142 Å². The third-order valence-electron chi connectivity index (χ3n) is 5.60. The minimum absolute atomic E-state index is 0.0295. The Hall–Kier alpha value is -4.21. The molecule has 0 aliphatic rings. The second kappa shape index (κ2) is 13.6. The highest BCUT2D eigenvalue weighted by Gasteiger charge is 2.30. The Morgan fingerprint density at radius 2 is 1.56 bits per heavy atom. The maximum atomic E-state index is 13.2. The molecule has 0 radical (unpaired) electrons. The average molecular weight is 496 g/mol. The van der Waals surface area contributed by atoms with Crippen molar-refractivity contribution in [3.05, 3.63) is 65.7 Å². The number of unbranched alkanes of at least 4 members (excludes halogenated alkanes) is 1. The van der Waals surface area contributed by atoms with Gasteiger partial charge in [0, 0.05) is 6.54 Å². The number of amides is 5. The molecular formula is C26H33N5O5. The highest BCUT2D eigenvalue weighted by Crippen LogP contribution is 2.23. The van der Waals surface area contributed by atoms with E-state index in [1.54, 1.807) is 42.5 Å². The molecule has 2 aromatic rings. The Balaban J connectivity index is 2.32. The Morgan fingerprint density at radius 1 is 0.917 bits per heavy atom. The van der Waals surface area contributed by atoms with Crippen LogP contribution in [0.5, 0.6) is 0 Å². The first-order valence-corrected chi connectivity index (χ1v) is 11.9. The van der Waals surface area contributed by atoms with Gasteiger partial charge in [-0.25, -0.2) is 10.4 Å². The molecule has 36 heavy (non-hydrogen) atoms. The number of primary amides is 1. The van der Waals surface area contributed by atoms with Crippen molar-refractivity contribution in [2.75, 3.05) is 11.7 Å². The molecule has 0 aromatic heterocycles. The van der Waals surface area contributed by atoms with Gasteiger partial charge in [-0.1, -0.05) is 69.7 Å². The van der Waals surface area contributed by atoms with Gasteiger partial charge < -0.3 is 5.73 Å². The quantitative estimate of drug-likeness (QED) is 0.340. The minimum atomic E-state index is -1.26. The van der Waals surface area contributed by atoms with Gasteiger partial charge >= 0.3 is 23.6 Å². The number of rotatable bonds is 10. The average Bonchev–Trinajstić information content (AvgIpc) is 2.87. The molecule has 0 saturated heterocycles. The lowest BCUT2D eigenvalue weighted by Crippen LogP contribution is -2.61. The van der Waals surface area contributed by atoms with Crippen molar-refractivity contribution in [2.24, 2.45) is 5.73 Å². The molecule has 0 saturated carbocycles. The summed E-state index contributed by atoms with van der Waals surface area (Å²) in [5.74, 6) is -5.05. The molecule has 10 heteroatoms. The van der Waals surface area contributed by atoms with Gasteiger partial charge in [0.2, 0.25) is 5.91 Å². The normalized spacial score (nSPS) is 11.2. The van der Waals surface area contributed by atoms with Crippen LogP contribution in [0.4, 0.5) is 5.69 Å². The fourth-order valence-electron chi connectivity index (χ4n) is 3.32. The molecule has 4 N–H and O–H groups in total. The van der Waals surface area contributed by atoms with E-state index in [4.69, 9.17) is 5.73 Å². The number of imide groups is 1. The number of nitrogens with two attached hydrogens (primary N) is 1. The summed E-state index contributed by atoms with van der Waals surface area (Å²) >= 11 is 0. The predicted molar refractivity (Wildman–Crippen MR) is 135 cm³/mol. The number of hydrogen-bond acceptors (Lipinski definition) is 6. The number of benzene rings is 2. The zero-order valence-corrected chi connectivity index (χ0v) is 20.8. The Bertz CT molecular complexity index is 1070. The summed E-state index contributed by atoms with van der Waals surface area (Å²) in [6, 6.07) is 15.7. The first-order valence-electron chi connectivity index (χ1n) is 11.9. The number of carbonyl (C=O) groups is 5. The van der Waals surface area contributed by atoms with Crippen molar-refractivity contribution in [3.63, 3.8) is 0 Å². The lowest BCUT2D eigenvalue weighted by Gasteiger charge is -2.35. The predicted octanol–water partition coefficient (Wildman–Crippen LogP) is 1.95. The largest absolute Gasteiger partial charge is 0.361 e. The zero-order valence-electron chi connectivity index (χ0n) is 20.8. The van der Waals surface area contributed by atoms with Gasteiger partial charge in [-0.05, 0) is 42.0 Å². The highest BCUT2D eigenvalue weighted by atomic mass is 16.2. The lowest BCUT2D eigenvalue weighted by molar-refractivity contribution is -0.149. The van der Waals surface area contributed by atoms with Crippen LogP contribution in [0.1, 0.15) is 57.1 Å². The minimum Gasteiger partial charge on any atom is -0.361 e. The second-order valence-corrected chi connectivity index (χ2v) is 8.34. The second-order valence-electron chi connectivity index (χ2n) is 8.34. The van der Waals surface area contributed by atoms with E-state index in [1.807, 2.05) is 19.1 Å². The van der Waals surface area contributed by atoms with Crippen LogP contribution in [0.3, 0.4) is 0 Å². The zero-order chi connectivity index (χ0) is 26.7. The lowest BCUT2D eigenvalue weighted by atomic mass is 9.99. The van der Waals surface area contributed by atoms with Crippen molar-refractivity contribution in [3.8, 4) is 0 Å². The first-order chi connectivity index (χ1) is 17.2. The van der Waals surface area contributed by atoms with E-state index < -0.39 is 29.5 Å².